The molecule has 6 heteroatoms. The van der Waals surface area contributed by atoms with E-state index in [0.29, 0.717) is 12.4 Å². The molecule has 0 aliphatic carbocycles. The molecule has 0 unspecified atom stereocenters. The highest BCUT2D eigenvalue weighted by Crippen LogP contribution is 2.26. The van der Waals surface area contributed by atoms with Gasteiger partial charge >= 0.3 is 0 Å². The van der Waals surface area contributed by atoms with Gasteiger partial charge in [0.2, 0.25) is 0 Å². The number of hydrogen-bond acceptors (Lipinski definition) is 6. The molecule has 2 aromatic rings. The lowest BCUT2D eigenvalue weighted by Crippen LogP contribution is -2.26. The summed E-state index contributed by atoms with van der Waals surface area (Å²) in [4.78, 5) is 11.3. The summed E-state index contributed by atoms with van der Waals surface area (Å²) >= 11 is 0. The van der Waals surface area contributed by atoms with E-state index in [1.165, 1.54) is 0 Å². The van der Waals surface area contributed by atoms with Gasteiger partial charge in [0.25, 0.3) is 0 Å². The minimum Gasteiger partial charge on any atom is -0.467 e. The van der Waals surface area contributed by atoms with E-state index in [9.17, 15) is 0 Å². The van der Waals surface area contributed by atoms with Crippen LogP contribution in [0.25, 0.3) is 0 Å². The lowest BCUT2D eigenvalue weighted by atomic mass is 10.2. The van der Waals surface area contributed by atoms with Crippen LogP contribution in [0.5, 0.6) is 0 Å². The SMILES string of the molecule is CCN(Cc1ccco1)c1nc(C(C)C)nc(NN)c1C. The monoisotopic (exact) mass is 289 g/mol. The fourth-order valence-corrected chi connectivity index (χ4v) is 2.16. The average Bonchev–Trinajstić information content (AvgIpc) is 2.98. The molecule has 0 spiro atoms. The third-order valence-corrected chi connectivity index (χ3v) is 3.40. The highest BCUT2D eigenvalue weighted by Gasteiger charge is 2.17. The van der Waals surface area contributed by atoms with Crippen LogP contribution in [0, 0.1) is 6.92 Å². The predicted octanol–water partition coefficient (Wildman–Crippen LogP) is 2.81. The molecular weight excluding hydrogens is 266 g/mol. The van der Waals surface area contributed by atoms with Gasteiger partial charge in [0.1, 0.15) is 23.2 Å². The Bertz CT molecular complexity index is 580. The number of aromatic nitrogens is 2. The molecule has 0 fully saturated rings. The fraction of sp³-hybridized carbons (Fsp3) is 0.467. The van der Waals surface area contributed by atoms with Gasteiger partial charge in [-0.05, 0) is 26.0 Å². The largest absolute Gasteiger partial charge is 0.467 e. The summed E-state index contributed by atoms with van der Waals surface area (Å²) in [5.41, 5.74) is 3.61. The molecule has 0 saturated heterocycles. The van der Waals surface area contributed by atoms with Gasteiger partial charge in [0.15, 0.2) is 0 Å². The normalized spacial score (nSPS) is 11.0. The van der Waals surface area contributed by atoms with Crippen LogP contribution in [0.4, 0.5) is 11.6 Å². The van der Waals surface area contributed by atoms with Crippen molar-refractivity contribution in [2.24, 2.45) is 5.84 Å². The summed E-state index contributed by atoms with van der Waals surface area (Å²) in [5, 5.41) is 0. The number of anilines is 2. The molecule has 0 radical (unpaired) electrons. The van der Waals surface area contributed by atoms with Crippen LogP contribution in [0.3, 0.4) is 0 Å². The summed E-state index contributed by atoms with van der Waals surface area (Å²) in [6.07, 6.45) is 1.68. The Hall–Kier alpha value is -2.08. The quantitative estimate of drug-likeness (QED) is 0.629. The topological polar surface area (TPSA) is 80.2 Å². The molecule has 2 heterocycles. The standard InChI is InChI=1S/C15H23N5O/c1-5-20(9-12-7-6-8-21-12)15-11(4)14(19-16)17-13(18-15)10(2)3/h6-8,10H,5,9,16H2,1-4H3,(H,17,18,19). The summed E-state index contributed by atoms with van der Waals surface area (Å²) < 4.78 is 5.44. The van der Waals surface area contributed by atoms with Crippen LogP contribution in [-0.4, -0.2) is 16.5 Å². The van der Waals surface area contributed by atoms with E-state index >= 15 is 0 Å². The van der Waals surface area contributed by atoms with Crippen LogP contribution >= 0.6 is 0 Å². The van der Waals surface area contributed by atoms with Gasteiger partial charge in [0.05, 0.1) is 12.8 Å². The zero-order chi connectivity index (χ0) is 15.4. The predicted molar refractivity (Wildman–Crippen MR) is 84.1 cm³/mol. The van der Waals surface area contributed by atoms with Gasteiger partial charge in [-0.2, -0.15) is 0 Å². The van der Waals surface area contributed by atoms with Crippen molar-refractivity contribution in [2.45, 2.75) is 40.2 Å². The highest BCUT2D eigenvalue weighted by atomic mass is 16.3. The maximum Gasteiger partial charge on any atom is 0.148 e. The molecule has 0 aromatic carbocycles. The molecule has 6 nitrogen and oxygen atoms in total. The number of rotatable bonds is 6. The zero-order valence-electron chi connectivity index (χ0n) is 13.1. The van der Waals surface area contributed by atoms with Crippen LogP contribution in [0.2, 0.25) is 0 Å². The van der Waals surface area contributed by atoms with E-state index in [1.807, 2.05) is 19.1 Å². The molecule has 114 valence electrons. The molecule has 0 saturated carbocycles. The van der Waals surface area contributed by atoms with Gasteiger partial charge in [0, 0.05) is 18.0 Å². The van der Waals surface area contributed by atoms with Crippen molar-refractivity contribution >= 4 is 11.6 Å². The van der Waals surface area contributed by atoms with E-state index in [2.05, 4.69) is 36.1 Å². The molecule has 0 aliphatic heterocycles. The van der Waals surface area contributed by atoms with Crippen molar-refractivity contribution in [3.05, 3.63) is 35.5 Å². The van der Waals surface area contributed by atoms with Crippen LogP contribution in [0.1, 0.15) is 43.8 Å². The maximum absolute atomic E-state index is 5.59. The second kappa shape index (κ2) is 6.58. The van der Waals surface area contributed by atoms with Crippen molar-refractivity contribution in [1.29, 1.82) is 0 Å². The number of furan rings is 1. The molecule has 0 amide bonds. The van der Waals surface area contributed by atoms with Crippen molar-refractivity contribution < 1.29 is 4.42 Å². The number of hydrogen-bond donors (Lipinski definition) is 2. The van der Waals surface area contributed by atoms with Gasteiger partial charge in [-0.1, -0.05) is 13.8 Å². The number of nitrogens with zero attached hydrogens (tertiary/aromatic N) is 3. The lowest BCUT2D eigenvalue weighted by Gasteiger charge is -2.24. The van der Waals surface area contributed by atoms with E-state index in [0.717, 1.165) is 29.5 Å². The van der Waals surface area contributed by atoms with E-state index in [4.69, 9.17) is 15.2 Å². The molecule has 0 aliphatic rings. The number of nitrogens with two attached hydrogens (primary N) is 1. The van der Waals surface area contributed by atoms with Gasteiger partial charge in [-0.25, -0.2) is 15.8 Å². The Balaban J connectivity index is 2.41. The van der Waals surface area contributed by atoms with Crippen LogP contribution < -0.4 is 16.2 Å². The first-order chi connectivity index (χ1) is 10.1. The minimum atomic E-state index is 0.235. The lowest BCUT2D eigenvalue weighted by molar-refractivity contribution is 0.502. The highest BCUT2D eigenvalue weighted by molar-refractivity contribution is 5.58. The Morgan fingerprint density at radius 3 is 2.67 bits per heavy atom. The van der Waals surface area contributed by atoms with Crippen molar-refractivity contribution in [3.8, 4) is 0 Å². The van der Waals surface area contributed by atoms with Gasteiger partial charge < -0.3 is 14.7 Å². The third kappa shape index (κ3) is 3.33. The molecule has 0 atom stereocenters. The summed E-state index contributed by atoms with van der Waals surface area (Å²) in [6, 6.07) is 3.85. The molecule has 2 rings (SSSR count). The number of hydrazine groups is 1. The second-order valence-corrected chi connectivity index (χ2v) is 5.27. The van der Waals surface area contributed by atoms with Crippen molar-refractivity contribution in [1.82, 2.24) is 9.97 Å². The molecule has 21 heavy (non-hydrogen) atoms. The Morgan fingerprint density at radius 2 is 2.14 bits per heavy atom. The summed E-state index contributed by atoms with van der Waals surface area (Å²) in [6.45, 7) is 9.69. The van der Waals surface area contributed by atoms with Gasteiger partial charge in [-0.3, -0.25) is 0 Å². The van der Waals surface area contributed by atoms with Crippen LogP contribution in [0.15, 0.2) is 22.8 Å². The first kappa shape index (κ1) is 15.3. The maximum atomic E-state index is 5.59. The average molecular weight is 289 g/mol. The fourth-order valence-electron chi connectivity index (χ4n) is 2.16. The first-order valence-electron chi connectivity index (χ1n) is 7.19. The van der Waals surface area contributed by atoms with E-state index in [1.54, 1.807) is 6.26 Å². The molecule has 2 aromatic heterocycles. The second-order valence-electron chi connectivity index (χ2n) is 5.27. The summed E-state index contributed by atoms with van der Waals surface area (Å²) in [7, 11) is 0. The third-order valence-electron chi connectivity index (χ3n) is 3.40. The number of nitrogens with one attached hydrogen (secondary N) is 1. The van der Waals surface area contributed by atoms with E-state index in [-0.39, 0.29) is 5.92 Å². The Labute approximate surface area is 125 Å². The van der Waals surface area contributed by atoms with E-state index < -0.39 is 0 Å². The minimum absolute atomic E-state index is 0.235. The zero-order valence-corrected chi connectivity index (χ0v) is 13.1. The summed E-state index contributed by atoms with van der Waals surface area (Å²) in [5.74, 6) is 9.07. The Morgan fingerprint density at radius 1 is 1.38 bits per heavy atom. The number of nitrogen functional groups attached to an aromatic ring is 1. The molecule has 3 N–H and O–H groups in total. The molecular formula is C15H23N5O. The first-order valence-corrected chi connectivity index (χ1v) is 7.19. The van der Waals surface area contributed by atoms with Crippen molar-refractivity contribution in [3.63, 3.8) is 0 Å². The van der Waals surface area contributed by atoms with Crippen molar-refractivity contribution in [2.75, 3.05) is 16.9 Å². The smallest absolute Gasteiger partial charge is 0.148 e. The van der Waals surface area contributed by atoms with Gasteiger partial charge in [-0.15, -0.1) is 0 Å². The Kier molecular flexibility index (Phi) is 4.80. The molecule has 0 bridgehead atoms. The van der Waals surface area contributed by atoms with Crippen LogP contribution in [-0.2, 0) is 6.54 Å².